The molecule has 0 unspecified atom stereocenters. The maximum absolute atomic E-state index is 5.18. The van der Waals surface area contributed by atoms with Gasteiger partial charge in [0.2, 0.25) is 0 Å². The van der Waals surface area contributed by atoms with Crippen LogP contribution in [0.5, 0.6) is 0 Å². The number of aromatic nitrogens is 3. The minimum Gasteiger partial charge on any atom is -0.291 e. The summed E-state index contributed by atoms with van der Waals surface area (Å²) in [6.07, 6.45) is 0. The van der Waals surface area contributed by atoms with Gasteiger partial charge in [0, 0.05) is 36.3 Å². The smallest absolute Gasteiger partial charge is 0.165 e. The largest absolute Gasteiger partial charge is 0.291 e. The Morgan fingerprint density at radius 2 is 1.33 bits per heavy atom. The highest BCUT2D eigenvalue weighted by Crippen LogP contribution is 2.44. The average Bonchev–Trinajstić information content (AvgIpc) is 3.58. The molecule has 5 aromatic carbocycles. The Balaban J connectivity index is 1.49. The summed E-state index contributed by atoms with van der Waals surface area (Å²) in [6.45, 7) is 0. The summed E-state index contributed by atoms with van der Waals surface area (Å²) in [5, 5.41) is 6.30. The van der Waals surface area contributed by atoms with Crippen molar-refractivity contribution in [2.24, 2.45) is 0 Å². The molecular formula is C32H17N3S. The molecule has 0 atom stereocenters. The van der Waals surface area contributed by atoms with Crippen LogP contribution >= 0.6 is 11.3 Å². The molecule has 9 rings (SSSR count). The summed E-state index contributed by atoms with van der Waals surface area (Å²) in [5.74, 6) is 0. The van der Waals surface area contributed by atoms with Crippen LogP contribution in [0.15, 0.2) is 103 Å². The second kappa shape index (κ2) is 6.56. The Hall–Kier alpha value is -4.54. The van der Waals surface area contributed by atoms with E-state index in [0.29, 0.717) is 0 Å². The lowest BCUT2D eigenvalue weighted by atomic mass is 9.97. The molecule has 0 N–H and O–H groups in total. The number of fused-ring (bicyclic) bond motifs is 10. The van der Waals surface area contributed by atoms with Crippen LogP contribution in [0.25, 0.3) is 80.7 Å². The lowest BCUT2D eigenvalue weighted by molar-refractivity contribution is 1.28. The first-order chi connectivity index (χ1) is 17.8. The van der Waals surface area contributed by atoms with Gasteiger partial charge < -0.3 is 0 Å². The number of rotatable bonds is 1. The maximum atomic E-state index is 5.18. The summed E-state index contributed by atoms with van der Waals surface area (Å²) < 4.78 is 4.96. The molecule has 36 heavy (non-hydrogen) atoms. The van der Waals surface area contributed by atoms with Crippen LogP contribution in [-0.2, 0) is 0 Å². The first kappa shape index (κ1) is 18.7. The van der Waals surface area contributed by atoms with Crippen LogP contribution in [0.2, 0.25) is 0 Å². The summed E-state index contributed by atoms with van der Waals surface area (Å²) in [5.41, 5.74) is 8.52. The van der Waals surface area contributed by atoms with E-state index in [9.17, 15) is 0 Å². The Labute approximate surface area is 209 Å². The monoisotopic (exact) mass is 475 g/mol. The van der Waals surface area contributed by atoms with E-state index in [1.165, 1.54) is 58.5 Å². The molecule has 0 saturated carbocycles. The van der Waals surface area contributed by atoms with E-state index < -0.39 is 0 Å². The van der Waals surface area contributed by atoms with Gasteiger partial charge in [-0.25, -0.2) is 9.97 Å². The number of benzene rings is 5. The van der Waals surface area contributed by atoms with Gasteiger partial charge in [0.25, 0.3) is 0 Å². The topological polar surface area (TPSA) is 30.2 Å². The highest BCUT2D eigenvalue weighted by molar-refractivity contribution is 7.25. The molecule has 0 aliphatic carbocycles. The van der Waals surface area contributed by atoms with Gasteiger partial charge in [-0.05, 0) is 47.5 Å². The van der Waals surface area contributed by atoms with Crippen molar-refractivity contribution in [3.05, 3.63) is 103 Å². The van der Waals surface area contributed by atoms with Crippen LogP contribution in [-0.4, -0.2) is 14.4 Å². The minimum atomic E-state index is 0.919. The minimum absolute atomic E-state index is 0.919. The summed E-state index contributed by atoms with van der Waals surface area (Å²) in [7, 11) is 0. The van der Waals surface area contributed by atoms with E-state index in [-0.39, 0.29) is 0 Å². The molecule has 0 aliphatic heterocycles. The SMILES string of the molecule is c1ccc2nc3c(nc2c1)c1c(-c2ccc4sc5ccccc5c4c2)ccc2c4ccccc4n3c21. The lowest BCUT2D eigenvalue weighted by Crippen LogP contribution is -1.88. The molecular weight excluding hydrogens is 458 g/mol. The van der Waals surface area contributed by atoms with Crippen molar-refractivity contribution in [2.45, 2.75) is 0 Å². The number of thiophene rings is 1. The van der Waals surface area contributed by atoms with Crippen LogP contribution in [0.3, 0.4) is 0 Å². The lowest BCUT2D eigenvalue weighted by Gasteiger charge is -2.06. The fourth-order valence-electron chi connectivity index (χ4n) is 5.97. The molecule has 0 bridgehead atoms. The number of hydrogen-bond donors (Lipinski definition) is 0. The van der Waals surface area contributed by atoms with Crippen LogP contribution in [0.1, 0.15) is 0 Å². The second-order valence-electron chi connectivity index (χ2n) is 9.43. The molecule has 0 amide bonds. The Morgan fingerprint density at radius 3 is 2.25 bits per heavy atom. The summed E-state index contributed by atoms with van der Waals surface area (Å²) in [4.78, 5) is 10.3. The van der Waals surface area contributed by atoms with Gasteiger partial charge in [0.05, 0.1) is 22.1 Å². The molecule has 0 saturated heterocycles. The van der Waals surface area contributed by atoms with Gasteiger partial charge in [0.15, 0.2) is 5.65 Å². The van der Waals surface area contributed by atoms with Crippen molar-refractivity contribution in [3.8, 4) is 11.1 Å². The van der Waals surface area contributed by atoms with Crippen molar-refractivity contribution in [3.63, 3.8) is 0 Å². The van der Waals surface area contributed by atoms with E-state index in [1.54, 1.807) is 0 Å². The van der Waals surface area contributed by atoms with E-state index in [1.807, 2.05) is 29.5 Å². The number of hydrogen-bond acceptors (Lipinski definition) is 3. The molecule has 0 aliphatic rings. The summed E-state index contributed by atoms with van der Waals surface area (Å²) in [6, 6.07) is 36.9. The van der Waals surface area contributed by atoms with Gasteiger partial charge in [-0.1, -0.05) is 66.7 Å². The Bertz CT molecular complexity index is 2320. The van der Waals surface area contributed by atoms with Crippen molar-refractivity contribution in [1.82, 2.24) is 14.4 Å². The zero-order valence-electron chi connectivity index (χ0n) is 19.1. The first-order valence-electron chi connectivity index (χ1n) is 12.1. The van der Waals surface area contributed by atoms with Gasteiger partial charge in [-0.2, -0.15) is 0 Å². The highest BCUT2D eigenvalue weighted by atomic mass is 32.1. The fourth-order valence-corrected chi connectivity index (χ4v) is 7.05. The predicted molar refractivity (Wildman–Crippen MR) is 153 cm³/mol. The van der Waals surface area contributed by atoms with Crippen molar-refractivity contribution in [1.29, 1.82) is 0 Å². The third kappa shape index (κ3) is 2.27. The standard InChI is InChI=1S/C32H17N3S/c1-5-11-26-20(7-1)22-15-14-19(18-13-16-28-23(17-18)21-8-2-6-12-27(21)36-28)29-30-32(35(26)31(22)29)34-25-10-4-3-9-24(25)33-30/h1-17H. The molecule has 0 radical (unpaired) electrons. The van der Waals surface area contributed by atoms with Crippen LogP contribution < -0.4 is 0 Å². The second-order valence-corrected chi connectivity index (χ2v) is 10.5. The Kier molecular flexibility index (Phi) is 3.42. The highest BCUT2D eigenvalue weighted by Gasteiger charge is 2.22. The Morgan fingerprint density at radius 1 is 0.583 bits per heavy atom. The molecule has 4 aromatic heterocycles. The molecule has 4 heterocycles. The van der Waals surface area contributed by atoms with Gasteiger partial charge >= 0.3 is 0 Å². The zero-order chi connectivity index (χ0) is 23.4. The van der Waals surface area contributed by atoms with E-state index in [4.69, 9.17) is 9.97 Å². The zero-order valence-corrected chi connectivity index (χ0v) is 19.9. The first-order valence-corrected chi connectivity index (χ1v) is 12.9. The number of nitrogens with zero attached hydrogens (tertiary/aromatic N) is 3. The van der Waals surface area contributed by atoms with Crippen LogP contribution in [0.4, 0.5) is 0 Å². The van der Waals surface area contributed by atoms with Crippen LogP contribution in [0, 0.1) is 0 Å². The normalized spacial score (nSPS) is 12.4. The molecule has 4 heteroatoms. The quantitative estimate of drug-likeness (QED) is 0.237. The van der Waals surface area contributed by atoms with Crippen molar-refractivity contribution in [2.75, 3.05) is 0 Å². The van der Waals surface area contributed by atoms with E-state index in [0.717, 1.165) is 22.2 Å². The molecule has 3 nitrogen and oxygen atoms in total. The van der Waals surface area contributed by atoms with Crippen molar-refractivity contribution >= 4 is 80.9 Å². The summed E-state index contributed by atoms with van der Waals surface area (Å²) >= 11 is 1.85. The number of para-hydroxylation sites is 3. The van der Waals surface area contributed by atoms with Gasteiger partial charge in [0.1, 0.15) is 5.52 Å². The molecule has 166 valence electrons. The van der Waals surface area contributed by atoms with Gasteiger partial charge in [-0.15, -0.1) is 11.3 Å². The predicted octanol–water partition coefficient (Wildman–Crippen LogP) is 8.81. The fraction of sp³-hybridized carbons (Fsp3) is 0. The van der Waals surface area contributed by atoms with Crippen molar-refractivity contribution < 1.29 is 0 Å². The third-order valence-corrected chi connectivity index (χ3v) is 8.68. The van der Waals surface area contributed by atoms with E-state index in [2.05, 4.69) is 89.3 Å². The molecule has 0 fully saturated rings. The van der Waals surface area contributed by atoms with Gasteiger partial charge in [-0.3, -0.25) is 4.40 Å². The van der Waals surface area contributed by atoms with E-state index >= 15 is 0 Å². The third-order valence-electron chi connectivity index (χ3n) is 7.53. The average molecular weight is 476 g/mol. The molecule has 0 spiro atoms. The maximum Gasteiger partial charge on any atom is 0.165 e. The molecule has 9 aromatic rings.